The lowest BCUT2D eigenvalue weighted by atomic mass is 10.2. The van der Waals surface area contributed by atoms with Crippen LogP contribution in [0.15, 0.2) is 17.5 Å². The van der Waals surface area contributed by atoms with Crippen LogP contribution in [0.5, 0.6) is 5.75 Å². The first-order valence-corrected chi connectivity index (χ1v) is 7.60. The molecule has 1 atom stereocenters. The SMILES string of the molecule is CC[C@H](NCc1nc(C)ccc1O)c1nc(C(F)(F)F)cs1. The summed E-state index contributed by atoms with van der Waals surface area (Å²) >= 11 is 0.975. The average Bonchev–Trinajstić information content (AvgIpc) is 2.93. The minimum Gasteiger partial charge on any atom is -0.506 e. The Morgan fingerprint density at radius 2 is 2.05 bits per heavy atom. The standard InChI is InChI=1S/C14H16F3N3OS/c1-3-9(13-20-12(7-22-13)14(15,16)17)18-6-10-11(21)5-4-8(2)19-10/h4-5,7,9,18,21H,3,6H2,1-2H3/t9-/m0/s1. The maximum atomic E-state index is 12.6. The van der Waals surface area contributed by atoms with Gasteiger partial charge >= 0.3 is 6.18 Å². The summed E-state index contributed by atoms with van der Waals surface area (Å²) < 4.78 is 37.8. The van der Waals surface area contributed by atoms with Crippen molar-refractivity contribution in [1.29, 1.82) is 0 Å². The Morgan fingerprint density at radius 1 is 1.32 bits per heavy atom. The summed E-state index contributed by atoms with van der Waals surface area (Å²) in [6.07, 6.45) is -3.85. The van der Waals surface area contributed by atoms with Crippen molar-refractivity contribution in [2.75, 3.05) is 0 Å². The predicted octanol–water partition coefficient (Wildman–Crippen LogP) is 3.81. The number of rotatable bonds is 5. The summed E-state index contributed by atoms with van der Waals surface area (Å²) in [6.45, 7) is 3.92. The molecular formula is C14H16F3N3OS. The number of hydrogen-bond acceptors (Lipinski definition) is 5. The summed E-state index contributed by atoms with van der Waals surface area (Å²) in [5, 5.41) is 14.2. The molecule has 22 heavy (non-hydrogen) atoms. The molecule has 0 saturated carbocycles. The minimum absolute atomic E-state index is 0.0584. The van der Waals surface area contributed by atoms with E-state index in [9.17, 15) is 18.3 Å². The number of thiazole rings is 1. The zero-order chi connectivity index (χ0) is 16.3. The van der Waals surface area contributed by atoms with Gasteiger partial charge in [0.25, 0.3) is 0 Å². The average molecular weight is 331 g/mol. The molecule has 0 aliphatic heterocycles. The van der Waals surface area contributed by atoms with Crippen molar-refractivity contribution in [3.8, 4) is 5.75 Å². The van der Waals surface area contributed by atoms with E-state index in [2.05, 4.69) is 15.3 Å². The Kier molecular flexibility index (Phi) is 5.02. The predicted molar refractivity (Wildman–Crippen MR) is 77.6 cm³/mol. The van der Waals surface area contributed by atoms with Crippen LogP contribution in [0.3, 0.4) is 0 Å². The van der Waals surface area contributed by atoms with E-state index < -0.39 is 11.9 Å². The summed E-state index contributed by atoms with van der Waals surface area (Å²) in [5.74, 6) is 0.0584. The molecule has 0 aliphatic carbocycles. The molecule has 0 aliphatic rings. The third-order valence-corrected chi connectivity index (χ3v) is 4.08. The number of alkyl halides is 3. The van der Waals surface area contributed by atoms with Gasteiger partial charge in [0.05, 0.1) is 11.7 Å². The van der Waals surface area contributed by atoms with Crippen molar-refractivity contribution < 1.29 is 18.3 Å². The Balaban J connectivity index is 2.09. The molecule has 0 bridgehead atoms. The fourth-order valence-corrected chi connectivity index (χ4v) is 2.92. The van der Waals surface area contributed by atoms with Gasteiger partial charge in [-0.2, -0.15) is 13.2 Å². The van der Waals surface area contributed by atoms with Crippen LogP contribution in [0.4, 0.5) is 13.2 Å². The molecule has 0 unspecified atom stereocenters. The fourth-order valence-electron chi connectivity index (χ4n) is 1.94. The second-order valence-corrected chi connectivity index (χ2v) is 5.72. The highest BCUT2D eigenvalue weighted by Gasteiger charge is 2.34. The van der Waals surface area contributed by atoms with Gasteiger partial charge in [-0.1, -0.05) is 6.92 Å². The van der Waals surface area contributed by atoms with E-state index in [0.717, 1.165) is 22.4 Å². The topological polar surface area (TPSA) is 58.0 Å². The number of halogens is 3. The van der Waals surface area contributed by atoms with Gasteiger partial charge in [0.2, 0.25) is 0 Å². The molecule has 0 fully saturated rings. The first-order chi connectivity index (χ1) is 10.3. The highest BCUT2D eigenvalue weighted by Crippen LogP contribution is 2.32. The molecule has 0 amide bonds. The highest BCUT2D eigenvalue weighted by molar-refractivity contribution is 7.09. The molecule has 0 saturated heterocycles. The molecule has 2 heterocycles. The number of pyridine rings is 1. The third-order valence-electron chi connectivity index (χ3n) is 3.12. The van der Waals surface area contributed by atoms with Gasteiger partial charge < -0.3 is 10.4 Å². The van der Waals surface area contributed by atoms with Crippen molar-refractivity contribution in [3.63, 3.8) is 0 Å². The van der Waals surface area contributed by atoms with E-state index in [0.29, 0.717) is 17.1 Å². The van der Waals surface area contributed by atoms with Gasteiger partial charge in [-0.3, -0.25) is 4.98 Å². The van der Waals surface area contributed by atoms with E-state index in [4.69, 9.17) is 0 Å². The van der Waals surface area contributed by atoms with Gasteiger partial charge in [0.1, 0.15) is 10.8 Å². The molecule has 120 valence electrons. The third kappa shape index (κ3) is 3.95. The number of aryl methyl sites for hydroxylation is 1. The quantitative estimate of drug-likeness (QED) is 0.875. The van der Waals surface area contributed by atoms with Crippen molar-refractivity contribution in [2.24, 2.45) is 0 Å². The molecule has 2 rings (SSSR count). The lowest BCUT2D eigenvalue weighted by Gasteiger charge is -2.15. The Bertz CT molecular complexity index is 643. The number of nitrogens with zero attached hydrogens (tertiary/aromatic N) is 2. The lowest BCUT2D eigenvalue weighted by Crippen LogP contribution is -2.21. The van der Waals surface area contributed by atoms with Crippen LogP contribution in [-0.4, -0.2) is 15.1 Å². The van der Waals surface area contributed by atoms with Gasteiger partial charge in [-0.25, -0.2) is 4.98 Å². The zero-order valence-corrected chi connectivity index (χ0v) is 12.9. The number of aromatic nitrogens is 2. The number of hydrogen-bond donors (Lipinski definition) is 2. The summed E-state index contributed by atoms with van der Waals surface area (Å²) in [4.78, 5) is 7.86. The smallest absolute Gasteiger partial charge is 0.434 e. The van der Waals surface area contributed by atoms with Crippen LogP contribution in [0.1, 0.15) is 41.5 Å². The first kappa shape index (κ1) is 16.7. The van der Waals surface area contributed by atoms with E-state index in [1.54, 1.807) is 19.1 Å². The van der Waals surface area contributed by atoms with E-state index in [-0.39, 0.29) is 18.3 Å². The maximum Gasteiger partial charge on any atom is 0.434 e. The molecule has 8 heteroatoms. The molecule has 2 N–H and O–H groups in total. The van der Waals surface area contributed by atoms with E-state index in [1.807, 2.05) is 6.92 Å². The fraction of sp³-hybridized carbons (Fsp3) is 0.429. The summed E-state index contributed by atoms with van der Waals surface area (Å²) in [7, 11) is 0. The summed E-state index contributed by atoms with van der Waals surface area (Å²) in [5.41, 5.74) is 0.353. The Hall–Kier alpha value is -1.67. The molecule has 2 aromatic heterocycles. The van der Waals surface area contributed by atoms with Crippen LogP contribution in [0.25, 0.3) is 0 Å². The van der Waals surface area contributed by atoms with E-state index >= 15 is 0 Å². The Labute approximate surface area is 130 Å². The molecule has 0 aromatic carbocycles. The Morgan fingerprint density at radius 3 is 2.64 bits per heavy atom. The summed E-state index contributed by atoms with van der Waals surface area (Å²) in [6, 6.07) is 2.92. The van der Waals surface area contributed by atoms with Crippen LogP contribution in [-0.2, 0) is 12.7 Å². The van der Waals surface area contributed by atoms with Crippen LogP contribution < -0.4 is 5.32 Å². The van der Waals surface area contributed by atoms with Crippen LogP contribution in [0, 0.1) is 6.92 Å². The van der Waals surface area contributed by atoms with Crippen molar-refractivity contribution >= 4 is 11.3 Å². The van der Waals surface area contributed by atoms with Crippen LogP contribution >= 0.6 is 11.3 Å². The molecular weight excluding hydrogens is 315 g/mol. The second-order valence-electron chi connectivity index (χ2n) is 4.83. The van der Waals surface area contributed by atoms with Crippen LogP contribution in [0.2, 0.25) is 0 Å². The number of nitrogens with one attached hydrogen (secondary N) is 1. The van der Waals surface area contributed by atoms with Crippen molar-refractivity contribution in [1.82, 2.24) is 15.3 Å². The van der Waals surface area contributed by atoms with Gasteiger partial charge in [-0.15, -0.1) is 11.3 Å². The second kappa shape index (κ2) is 6.62. The van der Waals surface area contributed by atoms with Gasteiger partial charge in [-0.05, 0) is 25.5 Å². The first-order valence-electron chi connectivity index (χ1n) is 6.72. The zero-order valence-electron chi connectivity index (χ0n) is 12.1. The lowest BCUT2D eigenvalue weighted by molar-refractivity contribution is -0.140. The van der Waals surface area contributed by atoms with E-state index in [1.165, 1.54) is 0 Å². The maximum absolute atomic E-state index is 12.6. The highest BCUT2D eigenvalue weighted by atomic mass is 32.1. The van der Waals surface area contributed by atoms with Crippen molar-refractivity contribution in [2.45, 2.75) is 39.0 Å². The monoisotopic (exact) mass is 331 g/mol. The van der Waals surface area contributed by atoms with Crippen molar-refractivity contribution in [3.05, 3.63) is 39.6 Å². The molecule has 4 nitrogen and oxygen atoms in total. The normalized spacial score (nSPS) is 13.3. The van der Waals surface area contributed by atoms with Gasteiger partial charge in [0.15, 0.2) is 5.69 Å². The van der Waals surface area contributed by atoms with Gasteiger partial charge in [0, 0.05) is 17.6 Å². The largest absolute Gasteiger partial charge is 0.506 e. The molecule has 2 aromatic rings. The molecule has 0 radical (unpaired) electrons. The number of aromatic hydroxyl groups is 1. The molecule has 0 spiro atoms. The minimum atomic E-state index is -4.43.